The van der Waals surface area contributed by atoms with Gasteiger partial charge in [-0.05, 0) is 59.3 Å². The lowest BCUT2D eigenvalue weighted by Gasteiger charge is -2.33. The van der Waals surface area contributed by atoms with Crippen LogP contribution < -0.4 is 0 Å². The van der Waals surface area contributed by atoms with Crippen molar-refractivity contribution in [2.45, 2.75) is 64.6 Å². The molecule has 0 bridgehead atoms. The van der Waals surface area contributed by atoms with Crippen LogP contribution in [0.4, 0.5) is 4.79 Å². The summed E-state index contributed by atoms with van der Waals surface area (Å²) >= 11 is 0. The average molecular weight is 327 g/mol. The maximum Gasteiger partial charge on any atom is 0.410 e. The number of hydrogen-bond donors (Lipinski definition) is 0. The fourth-order valence-corrected chi connectivity index (χ4v) is 2.67. The number of likely N-dealkylation sites (tertiary alicyclic amines) is 1. The Morgan fingerprint density at radius 3 is 2.26 bits per heavy atom. The molecule has 0 unspecified atom stereocenters. The summed E-state index contributed by atoms with van der Waals surface area (Å²) in [6, 6.07) is 0. The molecular weight excluding hydrogens is 298 g/mol. The van der Waals surface area contributed by atoms with Gasteiger partial charge in [0.25, 0.3) is 0 Å². The number of amides is 1. The Labute approximate surface area is 138 Å². The van der Waals surface area contributed by atoms with Crippen molar-refractivity contribution >= 4 is 12.1 Å². The summed E-state index contributed by atoms with van der Waals surface area (Å²) in [6.07, 6.45) is 3.00. The number of esters is 1. The van der Waals surface area contributed by atoms with Crippen molar-refractivity contribution in [3.05, 3.63) is 0 Å². The molecule has 1 aliphatic heterocycles. The molecule has 2 rings (SSSR count). The Bertz CT molecular complexity index is 431. The van der Waals surface area contributed by atoms with E-state index < -0.39 is 11.2 Å². The summed E-state index contributed by atoms with van der Waals surface area (Å²) in [6.45, 7) is 9.71. The van der Waals surface area contributed by atoms with Gasteiger partial charge in [-0.15, -0.1) is 0 Å². The number of nitrogens with zero attached hydrogens (tertiary/aromatic N) is 1. The molecule has 0 aromatic heterocycles. The Kier molecular flexibility index (Phi) is 5.55. The number of carbonyl (C=O) groups excluding carboxylic acids is 2. The quantitative estimate of drug-likeness (QED) is 0.727. The molecule has 6 heteroatoms. The lowest BCUT2D eigenvalue weighted by Crippen LogP contribution is -2.43. The predicted octanol–water partition coefficient (Wildman–Crippen LogP) is 2.75. The van der Waals surface area contributed by atoms with E-state index in [9.17, 15) is 9.59 Å². The minimum absolute atomic E-state index is 0.230. The summed E-state index contributed by atoms with van der Waals surface area (Å²) in [5.41, 5.74) is -1.15. The van der Waals surface area contributed by atoms with Gasteiger partial charge in [-0.2, -0.15) is 0 Å². The maximum atomic E-state index is 12.0. The van der Waals surface area contributed by atoms with E-state index in [0.717, 1.165) is 25.7 Å². The number of carbonyl (C=O) groups is 2. The highest BCUT2D eigenvalue weighted by molar-refractivity contribution is 5.82. The monoisotopic (exact) mass is 327 g/mol. The van der Waals surface area contributed by atoms with Gasteiger partial charge in [0.05, 0.1) is 13.2 Å². The Morgan fingerprint density at radius 1 is 1.17 bits per heavy atom. The lowest BCUT2D eigenvalue weighted by atomic mass is 9.98. The number of rotatable bonds is 5. The van der Waals surface area contributed by atoms with E-state index in [2.05, 4.69) is 0 Å². The Balaban J connectivity index is 1.71. The molecule has 6 nitrogen and oxygen atoms in total. The minimum Gasteiger partial charge on any atom is -0.464 e. The van der Waals surface area contributed by atoms with E-state index in [1.54, 1.807) is 11.8 Å². The van der Waals surface area contributed by atoms with Crippen LogP contribution in [0.3, 0.4) is 0 Å². The van der Waals surface area contributed by atoms with E-state index in [1.165, 1.54) is 0 Å². The van der Waals surface area contributed by atoms with Crippen molar-refractivity contribution in [3.8, 4) is 0 Å². The minimum atomic E-state index is -0.682. The average Bonchev–Trinajstić information content (AvgIpc) is 3.25. The molecule has 0 spiro atoms. The standard InChI is InChI=1S/C17H29NO5/c1-5-21-14(19)17(8-9-17)22-12-13-6-10-18(11-7-13)15(20)23-16(2,3)4/h13H,5-12H2,1-4H3. The van der Waals surface area contributed by atoms with Gasteiger partial charge in [0, 0.05) is 13.1 Å². The van der Waals surface area contributed by atoms with Crippen LogP contribution in [0.1, 0.15) is 53.4 Å². The van der Waals surface area contributed by atoms with Crippen LogP contribution in [0.5, 0.6) is 0 Å². The smallest absolute Gasteiger partial charge is 0.410 e. The third-order valence-electron chi connectivity index (χ3n) is 4.21. The molecule has 0 N–H and O–H groups in total. The first-order valence-corrected chi connectivity index (χ1v) is 8.55. The largest absolute Gasteiger partial charge is 0.464 e. The maximum absolute atomic E-state index is 12.0. The first-order chi connectivity index (χ1) is 10.8. The molecule has 1 aliphatic carbocycles. The van der Waals surface area contributed by atoms with Crippen molar-refractivity contribution in [3.63, 3.8) is 0 Å². The summed E-state index contributed by atoms with van der Waals surface area (Å²) in [7, 11) is 0. The van der Waals surface area contributed by atoms with Crippen LogP contribution in [0, 0.1) is 5.92 Å². The number of piperidine rings is 1. The van der Waals surface area contributed by atoms with Crippen molar-refractivity contribution in [1.29, 1.82) is 0 Å². The predicted molar refractivity (Wildman–Crippen MR) is 85.1 cm³/mol. The van der Waals surface area contributed by atoms with E-state index in [1.807, 2.05) is 20.8 Å². The number of ether oxygens (including phenoxy) is 3. The van der Waals surface area contributed by atoms with E-state index >= 15 is 0 Å². The van der Waals surface area contributed by atoms with Gasteiger partial charge in [-0.25, -0.2) is 9.59 Å². The van der Waals surface area contributed by atoms with Gasteiger partial charge in [-0.1, -0.05) is 0 Å². The highest BCUT2D eigenvalue weighted by Crippen LogP contribution is 2.41. The van der Waals surface area contributed by atoms with Crippen LogP contribution in [-0.4, -0.2) is 54.5 Å². The lowest BCUT2D eigenvalue weighted by molar-refractivity contribution is -0.161. The Morgan fingerprint density at radius 2 is 1.78 bits per heavy atom. The van der Waals surface area contributed by atoms with Crippen molar-refractivity contribution in [2.75, 3.05) is 26.3 Å². The van der Waals surface area contributed by atoms with Crippen LogP contribution in [-0.2, 0) is 19.0 Å². The van der Waals surface area contributed by atoms with Crippen LogP contribution >= 0.6 is 0 Å². The molecule has 2 aliphatic rings. The van der Waals surface area contributed by atoms with Gasteiger partial charge in [0.15, 0.2) is 5.60 Å². The van der Waals surface area contributed by atoms with Crippen LogP contribution in [0.25, 0.3) is 0 Å². The summed E-state index contributed by atoms with van der Waals surface area (Å²) in [5, 5.41) is 0. The topological polar surface area (TPSA) is 65.1 Å². The van der Waals surface area contributed by atoms with Gasteiger partial charge in [0.2, 0.25) is 0 Å². The SMILES string of the molecule is CCOC(=O)C1(OCC2CCN(C(=O)OC(C)(C)C)CC2)CC1. The number of hydrogen-bond acceptors (Lipinski definition) is 5. The molecule has 23 heavy (non-hydrogen) atoms. The first-order valence-electron chi connectivity index (χ1n) is 8.55. The second-order valence-corrected chi connectivity index (χ2v) is 7.44. The first kappa shape index (κ1) is 18.0. The van der Waals surface area contributed by atoms with Crippen LogP contribution in [0.15, 0.2) is 0 Å². The van der Waals surface area contributed by atoms with Gasteiger partial charge in [0.1, 0.15) is 5.60 Å². The normalized spacial score (nSPS) is 21.0. The highest BCUT2D eigenvalue weighted by Gasteiger charge is 2.53. The molecule has 0 radical (unpaired) electrons. The molecule has 2 fully saturated rings. The second-order valence-electron chi connectivity index (χ2n) is 7.44. The summed E-state index contributed by atoms with van der Waals surface area (Å²) in [4.78, 5) is 25.6. The molecule has 132 valence electrons. The fourth-order valence-electron chi connectivity index (χ4n) is 2.67. The molecule has 1 amide bonds. The van der Waals surface area contributed by atoms with Crippen molar-refractivity contribution in [1.82, 2.24) is 4.90 Å². The molecule has 1 saturated heterocycles. The van der Waals surface area contributed by atoms with Crippen molar-refractivity contribution in [2.24, 2.45) is 5.92 Å². The van der Waals surface area contributed by atoms with E-state index in [4.69, 9.17) is 14.2 Å². The fraction of sp³-hybridized carbons (Fsp3) is 0.882. The highest BCUT2D eigenvalue weighted by atomic mass is 16.6. The summed E-state index contributed by atoms with van der Waals surface area (Å²) < 4.78 is 16.3. The molecule has 1 heterocycles. The second kappa shape index (κ2) is 7.07. The van der Waals surface area contributed by atoms with Gasteiger partial charge >= 0.3 is 12.1 Å². The van der Waals surface area contributed by atoms with E-state index in [0.29, 0.717) is 32.2 Å². The van der Waals surface area contributed by atoms with Gasteiger partial charge in [-0.3, -0.25) is 0 Å². The zero-order chi connectivity index (χ0) is 17.1. The third kappa shape index (κ3) is 5.09. The molecule has 0 aromatic rings. The van der Waals surface area contributed by atoms with Gasteiger partial charge < -0.3 is 19.1 Å². The van der Waals surface area contributed by atoms with E-state index in [-0.39, 0.29) is 12.1 Å². The molecule has 1 saturated carbocycles. The van der Waals surface area contributed by atoms with Crippen LogP contribution in [0.2, 0.25) is 0 Å². The third-order valence-corrected chi connectivity index (χ3v) is 4.21. The summed E-state index contributed by atoms with van der Waals surface area (Å²) in [5.74, 6) is 0.145. The zero-order valence-corrected chi connectivity index (χ0v) is 14.7. The van der Waals surface area contributed by atoms with Crippen molar-refractivity contribution < 1.29 is 23.8 Å². The zero-order valence-electron chi connectivity index (χ0n) is 14.7. The Hall–Kier alpha value is -1.30. The molecular formula is C17H29NO5. The molecule has 0 aromatic carbocycles. The molecule has 0 atom stereocenters.